The summed E-state index contributed by atoms with van der Waals surface area (Å²) in [6, 6.07) is 14.6. The SMILES string of the molecule is COc1ccc2sc(-c3ccc([N+](=O)[O-])cc3)cc2c1. The number of hydrogen-bond acceptors (Lipinski definition) is 4. The summed E-state index contributed by atoms with van der Waals surface area (Å²) in [6.45, 7) is 0. The highest BCUT2D eigenvalue weighted by Gasteiger charge is 2.08. The third-order valence-electron chi connectivity index (χ3n) is 3.09. The van der Waals surface area contributed by atoms with Crippen LogP contribution in [-0.2, 0) is 0 Å². The number of non-ortho nitro benzene ring substituents is 1. The van der Waals surface area contributed by atoms with Crippen molar-refractivity contribution in [1.29, 1.82) is 0 Å². The standard InChI is InChI=1S/C15H11NO3S/c1-19-13-6-7-14-11(8-13)9-15(20-14)10-2-4-12(5-3-10)16(17)18/h2-9H,1H3. The summed E-state index contributed by atoms with van der Waals surface area (Å²) >= 11 is 1.66. The first-order chi connectivity index (χ1) is 9.67. The molecule has 4 nitrogen and oxygen atoms in total. The molecule has 0 fully saturated rings. The molecular weight excluding hydrogens is 274 g/mol. The van der Waals surface area contributed by atoms with Crippen LogP contribution in [0.1, 0.15) is 0 Å². The molecule has 0 N–H and O–H groups in total. The lowest BCUT2D eigenvalue weighted by atomic mass is 10.1. The number of rotatable bonds is 3. The molecule has 0 aliphatic carbocycles. The van der Waals surface area contributed by atoms with Gasteiger partial charge in [0.05, 0.1) is 12.0 Å². The minimum Gasteiger partial charge on any atom is -0.497 e. The minimum absolute atomic E-state index is 0.108. The van der Waals surface area contributed by atoms with E-state index in [9.17, 15) is 10.1 Å². The predicted molar refractivity (Wildman–Crippen MR) is 80.5 cm³/mol. The Kier molecular flexibility index (Phi) is 3.12. The minimum atomic E-state index is -0.389. The molecule has 20 heavy (non-hydrogen) atoms. The second-order valence-electron chi connectivity index (χ2n) is 4.32. The zero-order valence-electron chi connectivity index (χ0n) is 10.7. The van der Waals surface area contributed by atoms with Crippen LogP contribution >= 0.6 is 11.3 Å². The van der Waals surface area contributed by atoms with E-state index in [-0.39, 0.29) is 10.6 Å². The van der Waals surface area contributed by atoms with Crippen molar-refractivity contribution in [2.24, 2.45) is 0 Å². The molecule has 0 aliphatic rings. The molecule has 0 bridgehead atoms. The highest BCUT2D eigenvalue weighted by atomic mass is 32.1. The zero-order valence-corrected chi connectivity index (χ0v) is 11.5. The van der Waals surface area contributed by atoms with E-state index in [4.69, 9.17) is 4.74 Å². The normalized spacial score (nSPS) is 10.7. The largest absolute Gasteiger partial charge is 0.497 e. The van der Waals surface area contributed by atoms with Crippen LogP contribution < -0.4 is 4.74 Å². The number of ether oxygens (including phenoxy) is 1. The summed E-state index contributed by atoms with van der Waals surface area (Å²) < 4.78 is 6.37. The summed E-state index contributed by atoms with van der Waals surface area (Å²) in [6.07, 6.45) is 0. The summed E-state index contributed by atoms with van der Waals surface area (Å²) in [5.41, 5.74) is 1.09. The van der Waals surface area contributed by atoms with Crippen LogP contribution in [0.15, 0.2) is 48.5 Å². The summed E-state index contributed by atoms with van der Waals surface area (Å²) in [5.74, 6) is 0.825. The Morgan fingerprint density at radius 2 is 1.85 bits per heavy atom. The van der Waals surface area contributed by atoms with Gasteiger partial charge in [0.1, 0.15) is 5.75 Å². The molecule has 0 atom stereocenters. The van der Waals surface area contributed by atoms with Crippen LogP contribution in [0.2, 0.25) is 0 Å². The van der Waals surface area contributed by atoms with E-state index >= 15 is 0 Å². The van der Waals surface area contributed by atoms with Crippen molar-refractivity contribution >= 4 is 27.1 Å². The van der Waals surface area contributed by atoms with Gasteiger partial charge in [-0.15, -0.1) is 11.3 Å². The third-order valence-corrected chi connectivity index (χ3v) is 4.25. The molecule has 100 valence electrons. The van der Waals surface area contributed by atoms with Gasteiger partial charge in [-0.3, -0.25) is 10.1 Å². The fourth-order valence-corrected chi connectivity index (χ4v) is 3.09. The quantitative estimate of drug-likeness (QED) is 0.526. The molecule has 0 spiro atoms. The smallest absolute Gasteiger partial charge is 0.269 e. The zero-order chi connectivity index (χ0) is 14.1. The summed E-state index contributed by atoms with van der Waals surface area (Å²) in [5, 5.41) is 11.8. The Morgan fingerprint density at radius 3 is 2.50 bits per heavy atom. The highest BCUT2D eigenvalue weighted by molar-refractivity contribution is 7.22. The Morgan fingerprint density at radius 1 is 1.10 bits per heavy atom. The Bertz CT molecular complexity index is 777. The van der Waals surface area contributed by atoms with Crippen molar-refractivity contribution in [1.82, 2.24) is 0 Å². The van der Waals surface area contributed by atoms with Crippen LogP contribution in [0.25, 0.3) is 20.5 Å². The molecule has 5 heteroatoms. The lowest BCUT2D eigenvalue weighted by Gasteiger charge is -1.97. The van der Waals surface area contributed by atoms with Crippen molar-refractivity contribution in [3.8, 4) is 16.2 Å². The van der Waals surface area contributed by atoms with E-state index in [1.165, 1.54) is 16.8 Å². The number of nitro benzene ring substituents is 1. The van der Waals surface area contributed by atoms with Crippen molar-refractivity contribution in [2.75, 3.05) is 7.11 Å². The second-order valence-corrected chi connectivity index (χ2v) is 5.40. The van der Waals surface area contributed by atoms with Gasteiger partial charge >= 0.3 is 0 Å². The van der Waals surface area contributed by atoms with Crippen LogP contribution in [0.5, 0.6) is 5.75 Å². The molecule has 3 aromatic rings. The fraction of sp³-hybridized carbons (Fsp3) is 0.0667. The van der Waals surface area contributed by atoms with E-state index in [2.05, 4.69) is 6.07 Å². The van der Waals surface area contributed by atoms with Gasteiger partial charge in [-0.1, -0.05) is 0 Å². The molecule has 1 heterocycles. The summed E-state index contributed by atoms with van der Waals surface area (Å²) in [7, 11) is 1.64. The van der Waals surface area contributed by atoms with Crippen LogP contribution in [0, 0.1) is 10.1 Å². The molecule has 2 aromatic carbocycles. The van der Waals surface area contributed by atoms with Crippen LogP contribution in [0.3, 0.4) is 0 Å². The van der Waals surface area contributed by atoms with Crippen molar-refractivity contribution in [3.63, 3.8) is 0 Å². The Labute approximate surface area is 119 Å². The van der Waals surface area contributed by atoms with E-state index in [0.717, 1.165) is 21.6 Å². The van der Waals surface area contributed by atoms with Gasteiger partial charge in [-0.25, -0.2) is 0 Å². The highest BCUT2D eigenvalue weighted by Crippen LogP contribution is 2.35. The number of methoxy groups -OCH3 is 1. The first kappa shape index (κ1) is 12.6. The van der Waals surface area contributed by atoms with Gasteiger partial charge in [0.2, 0.25) is 0 Å². The van der Waals surface area contributed by atoms with Gasteiger partial charge < -0.3 is 4.74 Å². The Balaban J connectivity index is 2.03. The molecule has 0 saturated heterocycles. The van der Waals surface area contributed by atoms with Gasteiger partial charge in [0.15, 0.2) is 0 Å². The molecule has 0 amide bonds. The van der Waals surface area contributed by atoms with Crippen LogP contribution in [0.4, 0.5) is 5.69 Å². The molecule has 1 aromatic heterocycles. The molecule has 0 unspecified atom stereocenters. The number of thiophene rings is 1. The van der Waals surface area contributed by atoms with Crippen molar-refractivity contribution in [2.45, 2.75) is 0 Å². The van der Waals surface area contributed by atoms with Crippen molar-refractivity contribution < 1.29 is 9.66 Å². The maximum absolute atomic E-state index is 10.7. The maximum atomic E-state index is 10.7. The second kappa shape index (κ2) is 4.94. The predicted octanol–water partition coefficient (Wildman–Crippen LogP) is 4.49. The topological polar surface area (TPSA) is 52.4 Å². The molecule has 3 rings (SSSR count). The van der Waals surface area contributed by atoms with E-state index < -0.39 is 0 Å². The summed E-state index contributed by atoms with van der Waals surface area (Å²) in [4.78, 5) is 11.4. The number of nitrogens with zero attached hydrogens (tertiary/aromatic N) is 1. The van der Waals surface area contributed by atoms with Gasteiger partial charge in [0.25, 0.3) is 5.69 Å². The average molecular weight is 285 g/mol. The van der Waals surface area contributed by atoms with Gasteiger partial charge in [0, 0.05) is 21.7 Å². The van der Waals surface area contributed by atoms with E-state index in [1.807, 2.05) is 18.2 Å². The molecule has 0 aliphatic heterocycles. The number of benzene rings is 2. The van der Waals surface area contributed by atoms with Crippen LogP contribution in [-0.4, -0.2) is 12.0 Å². The fourth-order valence-electron chi connectivity index (χ4n) is 2.04. The Hall–Kier alpha value is -2.40. The monoisotopic (exact) mass is 285 g/mol. The molecular formula is C15H11NO3S. The maximum Gasteiger partial charge on any atom is 0.269 e. The first-order valence-electron chi connectivity index (χ1n) is 6.00. The van der Waals surface area contributed by atoms with E-state index in [0.29, 0.717) is 0 Å². The molecule has 0 radical (unpaired) electrons. The van der Waals surface area contributed by atoms with Gasteiger partial charge in [-0.2, -0.15) is 0 Å². The average Bonchev–Trinajstić information content (AvgIpc) is 2.90. The van der Waals surface area contributed by atoms with E-state index in [1.54, 1.807) is 30.6 Å². The number of nitro groups is 1. The number of hydrogen-bond donors (Lipinski definition) is 0. The van der Waals surface area contributed by atoms with Gasteiger partial charge in [-0.05, 0) is 47.3 Å². The number of fused-ring (bicyclic) bond motifs is 1. The first-order valence-corrected chi connectivity index (χ1v) is 6.81. The molecule has 0 saturated carbocycles. The lowest BCUT2D eigenvalue weighted by molar-refractivity contribution is -0.384. The third kappa shape index (κ3) is 2.23. The van der Waals surface area contributed by atoms with Crippen molar-refractivity contribution in [3.05, 3.63) is 58.6 Å². The lowest BCUT2D eigenvalue weighted by Crippen LogP contribution is -1.86.